The minimum atomic E-state index is -0.446. The van der Waals surface area contributed by atoms with E-state index in [2.05, 4.69) is 17.6 Å². The van der Waals surface area contributed by atoms with Gasteiger partial charge in [-0.05, 0) is 44.8 Å². The molecular weight excluding hydrogens is 321 g/mol. The van der Waals surface area contributed by atoms with Crippen LogP contribution < -0.4 is 5.43 Å². The van der Waals surface area contributed by atoms with E-state index in [1.165, 1.54) is 6.07 Å². The van der Waals surface area contributed by atoms with Crippen LogP contribution in [0.15, 0.2) is 40.7 Å². The number of benzene rings is 1. The van der Waals surface area contributed by atoms with Gasteiger partial charge in [-0.3, -0.25) is 4.79 Å². The fourth-order valence-electron chi connectivity index (χ4n) is 2.73. The zero-order valence-electron chi connectivity index (χ0n) is 14.4. The molecule has 1 saturated heterocycles. The van der Waals surface area contributed by atoms with Gasteiger partial charge in [0.2, 0.25) is 0 Å². The van der Waals surface area contributed by atoms with E-state index in [-0.39, 0.29) is 5.43 Å². The number of rotatable bonds is 3. The van der Waals surface area contributed by atoms with E-state index in [1.807, 2.05) is 52.0 Å². The van der Waals surface area contributed by atoms with Crippen LogP contribution in [0.4, 0.5) is 0 Å². The lowest BCUT2D eigenvalue weighted by Crippen LogP contribution is -2.41. The molecule has 1 aromatic carbocycles. The van der Waals surface area contributed by atoms with Gasteiger partial charge in [0.1, 0.15) is 0 Å². The molecule has 2 heterocycles. The predicted octanol–water partition coefficient (Wildman–Crippen LogP) is 3.47. The molecule has 0 bridgehead atoms. The zero-order valence-corrected chi connectivity index (χ0v) is 15.3. The lowest BCUT2D eigenvalue weighted by Gasteiger charge is -2.32. The van der Waals surface area contributed by atoms with Crippen molar-refractivity contribution in [1.82, 2.24) is 4.98 Å². The first-order valence-corrected chi connectivity index (χ1v) is 8.66. The summed E-state index contributed by atoms with van der Waals surface area (Å²) >= 11 is 4.45. The molecule has 0 atom stereocenters. The molecule has 0 radical (unpaired) electrons. The van der Waals surface area contributed by atoms with Gasteiger partial charge in [-0.2, -0.15) is 12.6 Å². The van der Waals surface area contributed by atoms with Gasteiger partial charge in [0.05, 0.1) is 16.7 Å². The summed E-state index contributed by atoms with van der Waals surface area (Å²) in [7, 11) is -0.446. The summed E-state index contributed by atoms with van der Waals surface area (Å²) in [6.45, 7) is 8.11. The minimum absolute atomic E-state index is 0.00190. The van der Waals surface area contributed by atoms with Crippen molar-refractivity contribution in [3.63, 3.8) is 0 Å². The molecule has 0 aliphatic carbocycles. The summed E-state index contributed by atoms with van der Waals surface area (Å²) in [6.07, 6.45) is 3.66. The van der Waals surface area contributed by atoms with Crippen molar-refractivity contribution in [2.45, 2.75) is 38.9 Å². The summed E-state index contributed by atoms with van der Waals surface area (Å²) in [5, 5.41) is 0.665. The van der Waals surface area contributed by atoms with Gasteiger partial charge in [0, 0.05) is 23.4 Å². The molecule has 1 aromatic heterocycles. The first-order valence-electron chi connectivity index (χ1n) is 8.02. The second-order valence-electron chi connectivity index (χ2n) is 7.08. The fourth-order valence-corrected chi connectivity index (χ4v) is 2.97. The van der Waals surface area contributed by atoms with Gasteiger partial charge >= 0.3 is 7.12 Å². The molecule has 126 valence electrons. The standard InChI is InChI=1S/C18H22BNO3S/c1-17(2)18(3,4)23-19(22-17)13(11-24)10-12-6-5-7-14-15(21)8-9-20-16(12)14/h5-10,24H,11H2,1-4H3,(H,20,21). The van der Waals surface area contributed by atoms with Crippen LogP contribution in [0.3, 0.4) is 0 Å². The number of hydrogen-bond acceptors (Lipinski definition) is 4. The maximum Gasteiger partial charge on any atom is 0.491 e. The van der Waals surface area contributed by atoms with Crippen molar-refractivity contribution in [3.05, 3.63) is 51.7 Å². The Morgan fingerprint density at radius 1 is 1.21 bits per heavy atom. The number of para-hydroxylation sites is 1. The lowest BCUT2D eigenvalue weighted by atomic mass is 9.78. The van der Waals surface area contributed by atoms with Gasteiger partial charge in [-0.1, -0.05) is 18.2 Å². The molecule has 3 rings (SSSR count). The molecule has 0 saturated carbocycles. The second-order valence-corrected chi connectivity index (χ2v) is 7.39. The van der Waals surface area contributed by atoms with Gasteiger partial charge in [-0.25, -0.2) is 0 Å². The molecule has 1 fully saturated rings. The summed E-state index contributed by atoms with van der Waals surface area (Å²) < 4.78 is 12.2. The molecule has 0 spiro atoms. The van der Waals surface area contributed by atoms with E-state index >= 15 is 0 Å². The highest BCUT2D eigenvalue weighted by molar-refractivity contribution is 7.80. The van der Waals surface area contributed by atoms with E-state index in [0.29, 0.717) is 11.1 Å². The molecule has 6 heteroatoms. The molecule has 4 nitrogen and oxygen atoms in total. The number of H-pyrrole nitrogens is 1. The van der Waals surface area contributed by atoms with Crippen LogP contribution in [-0.4, -0.2) is 29.1 Å². The first-order chi connectivity index (χ1) is 11.2. The summed E-state index contributed by atoms with van der Waals surface area (Å²) in [5.41, 5.74) is 1.86. The first kappa shape index (κ1) is 17.3. The highest BCUT2D eigenvalue weighted by atomic mass is 32.1. The van der Waals surface area contributed by atoms with Gasteiger partial charge in [0.25, 0.3) is 0 Å². The Labute approximate surface area is 147 Å². The fraction of sp³-hybridized carbons (Fsp3) is 0.389. The van der Waals surface area contributed by atoms with Crippen LogP contribution in [0.25, 0.3) is 17.0 Å². The quantitative estimate of drug-likeness (QED) is 0.663. The van der Waals surface area contributed by atoms with Gasteiger partial charge in [0.15, 0.2) is 5.43 Å². The minimum Gasteiger partial charge on any atom is -0.400 e. The maximum absolute atomic E-state index is 12.0. The van der Waals surface area contributed by atoms with Crippen LogP contribution in [0.1, 0.15) is 33.3 Å². The number of aromatic nitrogens is 1. The van der Waals surface area contributed by atoms with Crippen molar-refractivity contribution in [2.24, 2.45) is 0 Å². The van der Waals surface area contributed by atoms with Gasteiger partial charge < -0.3 is 14.3 Å². The van der Waals surface area contributed by atoms with Gasteiger partial charge in [-0.15, -0.1) is 0 Å². The second kappa shape index (κ2) is 6.10. The molecule has 24 heavy (non-hydrogen) atoms. The van der Waals surface area contributed by atoms with E-state index in [1.54, 1.807) is 6.20 Å². The Morgan fingerprint density at radius 3 is 2.50 bits per heavy atom. The Morgan fingerprint density at radius 2 is 1.88 bits per heavy atom. The van der Waals surface area contributed by atoms with E-state index in [4.69, 9.17) is 9.31 Å². The molecule has 0 unspecified atom stereocenters. The molecule has 0 amide bonds. The Kier molecular flexibility index (Phi) is 4.40. The van der Waals surface area contributed by atoms with Crippen molar-refractivity contribution < 1.29 is 9.31 Å². The Hall–Kier alpha value is -1.50. The largest absolute Gasteiger partial charge is 0.491 e. The smallest absolute Gasteiger partial charge is 0.400 e. The van der Waals surface area contributed by atoms with E-state index < -0.39 is 18.3 Å². The number of hydrogen-bond donors (Lipinski definition) is 2. The number of nitrogens with one attached hydrogen (secondary N) is 1. The number of pyridine rings is 1. The lowest BCUT2D eigenvalue weighted by molar-refractivity contribution is 0.00578. The van der Waals surface area contributed by atoms with Crippen molar-refractivity contribution in [2.75, 3.05) is 5.75 Å². The van der Waals surface area contributed by atoms with Crippen LogP contribution in [-0.2, 0) is 9.31 Å². The molecule has 1 aliphatic rings. The van der Waals surface area contributed by atoms with Crippen LogP contribution in [0, 0.1) is 0 Å². The Bertz CT molecular complexity index is 841. The topological polar surface area (TPSA) is 51.3 Å². The predicted molar refractivity (Wildman–Crippen MR) is 102 cm³/mol. The summed E-state index contributed by atoms with van der Waals surface area (Å²) in [4.78, 5) is 15.2. The average Bonchev–Trinajstić information content (AvgIpc) is 2.73. The van der Waals surface area contributed by atoms with Crippen LogP contribution in [0.5, 0.6) is 0 Å². The highest BCUT2D eigenvalue weighted by Crippen LogP contribution is 2.39. The van der Waals surface area contributed by atoms with Crippen molar-refractivity contribution in [3.8, 4) is 0 Å². The molecule has 2 aromatic rings. The molecule has 1 aliphatic heterocycles. The van der Waals surface area contributed by atoms with Crippen LogP contribution in [0.2, 0.25) is 0 Å². The van der Waals surface area contributed by atoms with Crippen molar-refractivity contribution >= 4 is 36.7 Å². The number of fused-ring (bicyclic) bond motifs is 1. The SMILES string of the molecule is CC1(C)OB(C(=Cc2cccc3c(=O)cc[nH]c23)CS)OC1(C)C. The zero-order chi connectivity index (χ0) is 17.5. The molecular formula is C18H22BNO3S. The third-order valence-electron chi connectivity index (χ3n) is 4.90. The molecule has 1 N–H and O–H groups in total. The number of aromatic amines is 1. The summed E-state index contributed by atoms with van der Waals surface area (Å²) in [5.74, 6) is 0.504. The third kappa shape index (κ3) is 2.94. The van der Waals surface area contributed by atoms with Crippen molar-refractivity contribution in [1.29, 1.82) is 0 Å². The van der Waals surface area contributed by atoms with E-state index in [9.17, 15) is 4.79 Å². The Balaban J connectivity index is 2.04. The van der Waals surface area contributed by atoms with E-state index in [0.717, 1.165) is 16.6 Å². The monoisotopic (exact) mass is 343 g/mol. The summed E-state index contributed by atoms with van der Waals surface area (Å²) in [6, 6.07) is 7.20. The normalized spacial score (nSPS) is 19.9. The maximum atomic E-state index is 12.0. The van der Waals surface area contributed by atoms with Crippen LogP contribution >= 0.6 is 12.6 Å². The third-order valence-corrected chi connectivity index (χ3v) is 5.27. The average molecular weight is 343 g/mol. The number of thiol groups is 1. The highest BCUT2D eigenvalue weighted by Gasteiger charge is 2.52.